The van der Waals surface area contributed by atoms with Crippen molar-refractivity contribution in [2.24, 2.45) is 5.41 Å². The Labute approximate surface area is 189 Å². The first-order valence-electron chi connectivity index (χ1n) is 10.9. The highest BCUT2D eigenvalue weighted by Gasteiger charge is 2.55. The number of nitrogens with zero attached hydrogens (tertiary/aromatic N) is 6. The Morgan fingerprint density at radius 1 is 1.27 bits per heavy atom. The fourth-order valence-corrected chi connectivity index (χ4v) is 4.70. The van der Waals surface area contributed by atoms with Crippen molar-refractivity contribution >= 4 is 28.4 Å². The third kappa shape index (κ3) is 3.79. The number of pyridine rings is 1. The summed E-state index contributed by atoms with van der Waals surface area (Å²) in [5.74, 6) is -2.71. The minimum absolute atomic E-state index is 0.237. The molecule has 3 aromatic rings. The van der Waals surface area contributed by atoms with Gasteiger partial charge in [0.05, 0.1) is 10.9 Å². The van der Waals surface area contributed by atoms with Crippen molar-refractivity contribution < 1.29 is 13.6 Å². The standard InChI is InChI=1S/C22H26F2N8O/c1-12-7-18(29-20(27-12)21(3,23)24)32-15-8-17(28-13(2)33)26-9-14(15)19(30-32)31-10-16(25-4)22(11-31)5-6-22/h7-9,16,25H,5-6,10-11H2,1-4H3,(H,26,28,33). The second-order valence-corrected chi connectivity index (χ2v) is 9.17. The predicted molar refractivity (Wildman–Crippen MR) is 120 cm³/mol. The van der Waals surface area contributed by atoms with E-state index >= 15 is 0 Å². The lowest BCUT2D eigenvalue weighted by Crippen LogP contribution is -2.34. The van der Waals surface area contributed by atoms with Gasteiger partial charge in [0.15, 0.2) is 11.6 Å². The predicted octanol–water partition coefficient (Wildman–Crippen LogP) is 2.78. The van der Waals surface area contributed by atoms with Crippen LogP contribution >= 0.6 is 0 Å². The molecule has 1 spiro atoms. The highest BCUT2D eigenvalue weighted by atomic mass is 19.3. The summed E-state index contributed by atoms with van der Waals surface area (Å²) in [7, 11) is 1.97. The highest BCUT2D eigenvalue weighted by Crippen LogP contribution is 2.53. The average Bonchev–Trinajstić information content (AvgIpc) is 3.26. The molecular formula is C22H26F2N8O. The van der Waals surface area contributed by atoms with Crippen molar-refractivity contribution in [3.05, 3.63) is 29.8 Å². The molecule has 1 saturated carbocycles. The van der Waals surface area contributed by atoms with E-state index in [0.29, 0.717) is 23.1 Å². The first-order chi connectivity index (χ1) is 15.6. The van der Waals surface area contributed by atoms with Gasteiger partial charge in [0.2, 0.25) is 11.7 Å². The summed E-state index contributed by atoms with van der Waals surface area (Å²) in [6, 6.07) is 3.66. The molecule has 1 aliphatic carbocycles. The Balaban J connectivity index is 1.67. The van der Waals surface area contributed by atoms with Gasteiger partial charge < -0.3 is 15.5 Å². The molecule has 4 heterocycles. The zero-order chi connectivity index (χ0) is 23.5. The van der Waals surface area contributed by atoms with E-state index in [1.54, 1.807) is 25.3 Å². The van der Waals surface area contributed by atoms with E-state index in [4.69, 9.17) is 5.10 Å². The van der Waals surface area contributed by atoms with Crippen LogP contribution in [0.25, 0.3) is 16.7 Å². The van der Waals surface area contributed by atoms with Gasteiger partial charge in [0.25, 0.3) is 0 Å². The van der Waals surface area contributed by atoms with Gasteiger partial charge in [-0.25, -0.2) is 19.6 Å². The van der Waals surface area contributed by atoms with Crippen molar-refractivity contribution in [3.63, 3.8) is 0 Å². The van der Waals surface area contributed by atoms with Gasteiger partial charge in [-0.15, -0.1) is 5.10 Å². The number of hydrogen-bond donors (Lipinski definition) is 2. The Hall–Kier alpha value is -3.21. The summed E-state index contributed by atoms with van der Waals surface area (Å²) in [6.07, 6.45) is 3.99. The summed E-state index contributed by atoms with van der Waals surface area (Å²) >= 11 is 0. The van der Waals surface area contributed by atoms with Crippen LogP contribution in [0.3, 0.4) is 0 Å². The van der Waals surface area contributed by atoms with Gasteiger partial charge in [0.1, 0.15) is 5.82 Å². The van der Waals surface area contributed by atoms with Crippen LogP contribution in [0.1, 0.15) is 38.2 Å². The average molecular weight is 457 g/mol. The van der Waals surface area contributed by atoms with Crippen molar-refractivity contribution in [3.8, 4) is 5.82 Å². The number of nitrogens with one attached hydrogen (secondary N) is 2. The number of rotatable bonds is 5. The molecule has 1 amide bonds. The lowest BCUT2D eigenvalue weighted by Gasteiger charge is -2.15. The van der Waals surface area contributed by atoms with Crippen LogP contribution in [0.5, 0.6) is 0 Å². The van der Waals surface area contributed by atoms with E-state index in [2.05, 4.69) is 30.5 Å². The molecule has 0 radical (unpaired) electrons. The molecule has 1 saturated heterocycles. The number of hydrogen-bond acceptors (Lipinski definition) is 7. The number of carbonyl (C=O) groups is 1. The zero-order valence-electron chi connectivity index (χ0n) is 19.0. The van der Waals surface area contributed by atoms with E-state index in [0.717, 1.165) is 31.2 Å². The van der Waals surface area contributed by atoms with Crippen molar-refractivity contribution in [1.29, 1.82) is 0 Å². The molecule has 2 fully saturated rings. The van der Waals surface area contributed by atoms with Gasteiger partial charge in [-0.2, -0.15) is 8.78 Å². The third-order valence-electron chi connectivity index (χ3n) is 6.49. The minimum atomic E-state index is -3.19. The van der Waals surface area contributed by atoms with Crippen LogP contribution in [0, 0.1) is 12.3 Å². The maximum Gasteiger partial charge on any atom is 0.303 e. The third-order valence-corrected chi connectivity index (χ3v) is 6.49. The number of amides is 1. The van der Waals surface area contributed by atoms with Crippen molar-refractivity contribution in [2.75, 3.05) is 30.4 Å². The Bertz CT molecular complexity index is 1250. The first kappa shape index (κ1) is 21.6. The molecule has 3 aromatic heterocycles. The fraction of sp³-hybridized carbons (Fsp3) is 0.500. The molecule has 2 N–H and O–H groups in total. The summed E-state index contributed by atoms with van der Waals surface area (Å²) in [5, 5.41) is 11.7. The largest absolute Gasteiger partial charge is 0.352 e. The van der Waals surface area contributed by atoms with E-state index in [1.165, 1.54) is 24.4 Å². The van der Waals surface area contributed by atoms with E-state index in [1.807, 2.05) is 7.05 Å². The topological polar surface area (TPSA) is 101 Å². The molecule has 1 atom stereocenters. The summed E-state index contributed by atoms with van der Waals surface area (Å²) < 4.78 is 29.6. The molecular weight excluding hydrogens is 430 g/mol. The number of aromatic nitrogens is 5. The molecule has 5 rings (SSSR count). The van der Waals surface area contributed by atoms with Gasteiger partial charge >= 0.3 is 5.92 Å². The Morgan fingerprint density at radius 2 is 2.03 bits per heavy atom. The normalized spacial score (nSPS) is 19.5. The van der Waals surface area contributed by atoms with Gasteiger partial charge in [0, 0.05) is 62.4 Å². The van der Waals surface area contributed by atoms with Crippen LogP contribution in [-0.4, -0.2) is 56.8 Å². The summed E-state index contributed by atoms with van der Waals surface area (Å²) in [6.45, 7) is 5.46. The van der Waals surface area contributed by atoms with Crippen LogP contribution < -0.4 is 15.5 Å². The van der Waals surface area contributed by atoms with E-state index in [-0.39, 0.29) is 17.1 Å². The fourth-order valence-electron chi connectivity index (χ4n) is 4.70. The molecule has 0 bridgehead atoms. The number of anilines is 2. The van der Waals surface area contributed by atoms with Crippen LogP contribution in [-0.2, 0) is 10.7 Å². The number of alkyl halides is 2. The lowest BCUT2D eigenvalue weighted by molar-refractivity contribution is -0.114. The number of aryl methyl sites for hydroxylation is 1. The quantitative estimate of drug-likeness (QED) is 0.609. The van der Waals surface area contributed by atoms with Crippen molar-refractivity contribution in [2.45, 2.75) is 45.6 Å². The first-order valence-corrected chi connectivity index (χ1v) is 10.9. The van der Waals surface area contributed by atoms with Crippen LogP contribution in [0.15, 0.2) is 18.3 Å². The summed E-state index contributed by atoms with van der Waals surface area (Å²) in [4.78, 5) is 26.2. The maximum absolute atomic E-state index is 14.0. The molecule has 33 heavy (non-hydrogen) atoms. The number of fused-ring (bicyclic) bond motifs is 1. The minimum Gasteiger partial charge on any atom is -0.352 e. The smallest absolute Gasteiger partial charge is 0.303 e. The van der Waals surface area contributed by atoms with Crippen LogP contribution in [0.4, 0.5) is 20.4 Å². The van der Waals surface area contributed by atoms with Gasteiger partial charge in [-0.3, -0.25) is 4.79 Å². The second-order valence-electron chi connectivity index (χ2n) is 9.17. The monoisotopic (exact) mass is 456 g/mol. The lowest BCUT2D eigenvalue weighted by atomic mass is 10.0. The van der Waals surface area contributed by atoms with Crippen LogP contribution in [0.2, 0.25) is 0 Å². The molecule has 2 aliphatic rings. The van der Waals surface area contributed by atoms with E-state index < -0.39 is 11.7 Å². The zero-order valence-corrected chi connectivity index (χ0v) is 19.0. The van der Waals surface area contributed by atoms with Gasteiger partial charge in [-0.05, 0) is 26.8 Å². The SMILES string of the molecule is CNC1CN(c2nn(-c3cc(C)nc(C(C)(F)F)n3)c3cc(NC(C)=O)ncc23)CC12CC2. The second kappa shape index (κ2) is 7.41. The number of likely N-dealkylation sites (N-methyl/N-ethyl adjacent to an activating group) is 1. The van der Waals surface area contributed by atoms with Crippen molar-refractivity contribution in [1.82, 2.24) is 30.0 Å². The molecule has 0 aromatic carbocycles. The maximum atomic E-state index is 14.0. The Morgan fingerprint density at radius 3 is 2.64 bits per heavy atom. The molecule has 11 heteroatoms. The number of carbonyl (C=O) groups excluding carboxylic acids is 1. The number of halogens is 2. The van der Waals surface area contributed by atoms with Gasteiger partial charge in [-0.1, -0.05) is 0 Å². The highest BCUT2D eigenvalue weighted by molar-refractivity contribution is 5.95. The Kier molecular flexibility index (Phi) is 4.85. The molecule has 174 valence electrons. The molecule has 1 aliphatic heterocycles. The molecule has 1 unspecified atom stereocenters. The molecule has 9 nitrogen and oxygen atoms in total. The summed E-state index contributed by atoms with van der Waals surface area (Å²) in [5.41, 5.74) is 1.27. The van der Waals surface area contributed by atoms with E-state index in [9.17, 15) is 13.6 Å².